The molecule has 0 aliphatic carbocycles. The number of hydrogen-bond acceptors (Lipinski definition) is 6. The number of hydrogen-bond donors (Lipinski definition) is 0. The lowest BCUT2D eigenvalue weighted by atomic mass is 10.0. The smallest absolute Gasteiger partial charge is 0.306 e. The van der Waals surface area contributed by atoms with E-state index >= 15 is 0 Å². The van der Waals surface area contributed by atoms with E-state index in [1.807, 2.05) is 0 Å². The monoisotopic (exact) mass is 935 g/mol. The van der Waals surface area contributed by atoms with E-state index < -0.39 is 6.10 Å². The van der Waals surface area contributed by atoms with E-state index in [4.69, 9.17) is 14.2 Å². The predicted octanol–water partition coefficient (Wildman–Crippen LogP) is 19.0. The van der Waals surface area contributed by atoms with E-state index in [1.54, 1.807) is 0 Å². The molecular weight excluding hydrogens is 829 g/mol. The van der Waals surface area contributed by atoms with Crippen LogP contribution in [-0.4, -0.2) is 37.2 Å². The maximum Gasteiger partial charge on any atom is 0.306 e. The van der Waals surface area contributed by atoms with Gasteiger partial charge in [-0.15, -0.1) is 0 Å². The highest BCUT2D eigenvalue weighted by Gasteiger charge is 2.19. The molecule has 0 heterocycles. The molecule has 0 spiro atoms. The quantitative estimate of drug-likeness (QED) is 0.0262. The fourth-order valence-corrected chi connectivity index (χ4v) is 7.88. The van der Waals surface area contributed by atoms with Crippen molar-refractivity contribution < 1.29 is 28.6 Å². The summed E-state index contributed by atoms with van der Waals surface area (Å²) < 4.78 is 16.8. The van der Waals surface area contributed by atoms with Crippen LogP contribution in [0.4, 0.5) is 0 Å². The second-order valence-corrected chi connectivity index (χ2v) is 18.8. The summed E-state index contributed by atoms with van der Waals surface area (Å²) in [4.78, 5) is 38.1. The van der Waals surface area contributed by atoms with Gasteiger partial charge in [0.15, 0.2) is 6.10 Å². The average molecular weight is 936 g/mol. The van der Waals surface area contributed by atoms with Gasteiger partial charge in [-0.25, -0.2) is 0 Å². The Hall–Kier alpha value is -3.15. The van der Waals surface area contributed by atoms with E-state index in [9.17, 15) is 14.4 Å². The van der Waals surface area contributed by atoms with E-state index in [0.29, 0.717) is 19.3 Å². The van der Waals surface area contributed by atoms with Crippen molar-refractivity contribution >= 4 is 17.9 Å². The molecule has 0 aromatic heterocycles. The molecule has 0 aromatic carbocycles. The molecular formula is C61H106O6. The predicted molar refractivity (Wildman–Crippen MR) is 288 cm³/mol. The minimum absolute atomic E-state index is 0.0978. The van der Waals surface area contributed by atoms with Gasteiger partial charge in [-0.05, 0) is 89.9 Å². The average Bonchev–Trinajstić information content (AvgIpc) is 3.33. The molecule has 386 valence electrons. The first-order chi connectivity index (χ1) is 33.0. The number of rotatable bonds is 51. The van der Waals surface area contributed by atoms with E-state index in [2.05, 4.69) is 93.7 Å². The van der Waals surface area contributed by atoms with Gasteiger partial charge >= 0.3 is 17.9 Å². The number of carbonyl (C=O) groups is 3. The molecule has 6 heteroatoms. The van der Waals surface area contributed by atoms with Gasteiger partial charge in [0.2, 0.25) is 0 Å². The minimum atomic E-state index is -0.802. The first kappa shape index (κ1) is 63.8. The third-order valence-corrected chi connectivity index (χ3v) is 12.2. The molecule has 0 rings (SSSR count). The number of esters is 3. The van der Waals surface area contributed by atoms with Crippen LogP contribution in [0.1, 0.15) is 278 Å². The van der Waals surface area contributed by atoms with Crippen LogP contribution in [0.5, 0.6) is 0 Å². The molecule has 6 nitrogen and oxygen atoms in total. The first-order valence-electron chi connectivity index (χ1n) is 28.4. The Labute approximate surface area is 414 Å². The van der Waals surface area contributed by atoms with E-state index in [-0.39, 0.29) is 37.5 Å². The Kier molecular flexibility index (Phi) is 52.8. The van der Waals surface area contributed by atoms with Crippen molar-refractivity contribution in [1.82, 2.24) is 0 Å². The molecule has 0 N–H and O–H groups in total. The van der Waals surface area contributed by atoms with Crippen LogP contribution in [0, 0.1) is 0 Å². The van der Waals surface area contributed by atoms with Gasteiger partial charge in [0.25, 0.3) is 0 Å². The molecule has 0 bridgehead atoms. The Morgan fingerprint density at radius 3 is 0.925 bits per heavy atom. The van der Waals surface area contributed by atoms with Crippen molar-refractivity contribution in [3.05, 3.63) is 72.9 Å². The van der Waals surface area contributed by atoms with Crippen molar-refractivity contribution in [2.75, 3.05) is 13.2 Å². The highest BCUT2D eigenvalue weighted by Crippen LogP contribution is 2.16. The molecule has 1 atom stereocenters. The zero-order valence-electron chi connectivity index (χ0n) is 44.2. The third-order valence-electron chi connectivity index (χ3n) is 12.2. The molecule has 0 saturated carbocycles. The maximum atomic E-state index is 12.8. The lowest BCUT2D eigenvalue weighted by Gasteiger charge is -2.18. The van der Waals surface area contributed by atoms with Crippen LogP contribution >= 0.6 is 0 Å². The fraction of sp³-hybridized carbons (Fsp3) is 0.754. The zero-order valence-corrected chi connectivity index (χ0v) is 44.2. The van der Waals surface area contributed by atoms with Crippen LogP contribution in [0.2, 0.25) is 0 Å². The van der Waals surface area contributed by atoms with Gasteiger partial charge in [-0.1, -0.05) is 241 Å². The van der Waals surface area contributed by atoms with Gasteiger partial charge in [0.1, 0.15) is 13.2 Å². The molecule has 0 unspecified atom stereocenters. The van der Waals surface area contributed by atoms with Gasteiger partial charge < -0.3 is 14.2 Å². The van der Waals surface area contributed by atoms with Crippen molar-refractivity contribution in [3.63, 3.8) is 0 Å². The number of unbranched alkanes of at least 4 members (excludes halogenated alkanes) is 28. The summed E-state index contributed by atoms with van der Waals surface area (Å²) in [5.41, 5.74) is 0. The highest BCUT2D eigenvalue weighted by atomic mass is 16.6. The number of ether oxygens (including phenoxy) is 3. The van der Waals surface area contributed by atoms with Crippen LogP contribution in [0.3, 0.4) is 0 Å². The van der Waals surface area contributed by atoms with E-state index in [1.165, 1.54) is 141 Å². The first-order valence-corrected chi connectivity index (χ1v) is 28.4. The second-order valence-electron chi connectivity index (χ2n) is 18.8. The molecule has 0 radical (unpaired) electrons. The Bertz CT molecular complexity index is 1260. The lowest BCUT2D eigenvalue weighted by molar-refractivity contribution is -0.167. The van der Waals surface area contributed by atoms with E-state index in [0.717, 1.165) is 89.9 Å². The van der Waals surface area contributed by atoms with Crippen molar-refractivity contribution in [1.29, 1.82) is 0 Å². The van der Waals surface area contributed by atoms with Crippen molar-refractivity contribution in [2.24, 2.45) is 0 Å². The summed E-state index contributed by atoms with van der Waals surface area (Å²) in [6.45, 7) is 6.55. The molecule has 67 heavy (non-hydrogen) atoms. The summed E-state index contributed by atoms with van der Waals surface area (Å²) in [6, 6.07) is 0. The standard InChI is InChI=1S/C61H106O6/c1-4-7-10-13-16-19-22-25-28-30-33-36-39-42-45-48-51-54-60(63)66-57-58(56-65-59(62)53-50-47-44-41-38-35-32-27-24-21-18-15-12-9-6-3)67-61(64)55-52-49-46-43-40-37-34-31-29-26-23-20-17-14-11-8-5-2/h16,18-19,21,25,27-28,32-33,36,42,45,58H,4-15,17,20,22-24,26,29-31,34-35,37-41,43-44,46-57H2,1-3H3/b19-16+,21-18+,28-25+,32-27+,36-33+,45-42+/t58-/m1/s1. The van der Waals surface area contributed by atoms with Gasteiger partial charge in [-0.3, -0.25) is 14.4 Å². The van der Waals surface area contributed by atoms with Crippen molar-refractivity contribution in [3.8, 4) is 0 Å². The lowest BCUT2D eigenvalue weighted by Crippen LogP contribution is -2.30. The summed E-state index contributed by atoms with van der Waals surface area (Å²) in [5.74, 6) is -0.959. The Balaban J connectivity index is 4.47. The topological polar surface area (TPSA) is 78.9 Å². The number of allylic oxidation sites excluding steroid dienone is 12. The molecule has 0 aliphatic rings. The summed E-state index contributed by atoms with van der Waals surface area (Å²) in [7, 11) is 0. The zero-order chi connectivity index (χ0) is 48.6. The van der Waals surface area contributed by atoms with Gasteiger partial charge in [-0.2, -0.15) is 0 Å². The van der Waals surface area contributed by atoms with Crippen molar-refractivity contribution in [2.45, 2.75) is 284 Å². The fourth-order valence-electron chi connectivity index (χ4n) is 7.88. The molecule has 0 fully saturated rings. The summed E-state index contributed by atoms with van der Waals surface area (Å²) in [6.07, 6.45) is 70.3. The number of carbonyl (C=O) groups excluding carboxylic acids is 3. The SMILES string of the molecule is CCCCC/C=C/C/C=C/C/C=C/C/C=C/CCCC(=O)OC[C@@H](COC(=O)CCCCCCC/C=C/C/C=C/CCCCC)OC(=O)CCCCCCCCCCCCCCCCCCC. The molecule has 0 amide bonds. The molecule has 0 saturated heterocycles. The normalized spacial score (nSPS) is 12.6. The maximum absolute atomic E-state index is 12.8. The van der Waals surface area contributed by atoms with Gasteiger partial charge in [0.05, 0.1) is 0 Å². The van der Waals surface area contributed by atoms with Crippen LogP contribution in [-0.2, 0) is 28.6 Å². The van der Waals surface area contributed by atoms with Crippen LogP contribution in [0.15, 0.2) is 72.9 Å². The largest absolute Gasteiger partial charge is 0.462 e. The molecule has 0 aromatic rings. The minimum Gasteiger partial charge on any atom is -0.462 e. The third kappa shape index (κ3) is 53.7. The Morgan fingerprint density at radius 2 is 0.552 bits per heavy atom. The molecule has 0 aliphatic heterocycles. The summed E-state index contributed by atoms with van der Waals surface area (Å²) in [5, 5.41) is 0. The summed E-state index contributed by atoms with van der Waals surface area (Å²) >= 11 is 0. The van der Waals surface area contributed by atoms with Gasteiger partial charge in [0, 0.05) is 19.3 Å². The Morgan fingerprint density at radius 1 is 0.299 bits per heavy atom. The van der Waals surface area contributed by atoms with Crippen LogP contribution in [0.25, 0.3) is 0 Å². The highest BCUT2D eigenvalue weighted by molar-refractivity contribution is 5.71. The second kappa shape index (κ2) is 55.4. The van der Waals surface area contributed by atoms with Crippen LogP contribution < -0.4 is 0 Å².